The van der Waals surface area contributed by atoms with Gasteiger partial charge in [0.25, 0.3) is 5.91 Å². The highest BCUT2D eigenvalue weighted by atomic mass is 35.5. The Morgan fingerprint density at radius 2 is 1.65 bits per heavy atom. The number of benzene rings is 2. The molecule has 2 aromatic carbocycles. The van der Waals surface area contributed by atoms with Gasteiger partial charge >= 0.3 is 0 Å². The highest BCUT2D eigenvalue weighted by molar-refractivity contribution is 7.89. The van der Waals surface area contributed by atoms with Crippen molar-refractivity contribution in [1.29, 1.82) is 10.5 Å². The van der Waals surface area contributed by atoms with Crippen LogP contribution in [0, 0.1) is 22.7 Å². The van der Waals surface area contributed by atoms with Crippen molar-refractivity contribution in [2.24, 2.45) is 0 Å². The predicted octanol–water partition coefficient (Wildman–Crippen LogP) is 4.37. The number of thiazole rings is 1. The van der Waals surface area contributed by atoms with Crippen LogP contribution in [0.25, 0.3) is 10.2 Å². The number of carbonyl (C=O) groups is 1. The maximum atomic E-state index is 13.6. The molecule has 0 unspecified atom stereocenters. The van der Waals surface area contributed by atoms with Crippen LogP contribution in [-0.4, -0.2) is 68.8 Å². The van der Waals surface area contributed by atoms with Crippen LogP contribution in [0.2, 0.25) is 5.02 Å². The molecule has 0 aliphatic carbocycles. The normalized spacial score (nSPS) is 11.5. The van der Waals surface area contributed by atoms with Gasteiger partial charge in [0.2, 0.25) is 10.0 Å². The topological polar surface area (TPSA) is 121 Å². The van der Waals surface area contributed by atoms with Crippen LogP contribution in [-0.2, 0) is 10.0 Å². The van der Waals surface area contributed by atoms with Crippen LogP contribution < -0.4 is 4.90 Å². The standard InChI is InChI=1S/C25H27ClN6O3S2/c1-30(2)14-5-17-32(25-29-22-11-8-20(26)18-23(22)36-25)24(33)19-6-9-21(10-7-19)37(34,35)31(15-3-12-27)16-4-13-28/h6-11,18H,3-5,14-17H2,1-2H3. The van der Waals surface area contributed by atoms with Crippen molar-refractivity contribution in [2.45, 2.75) is 24.2 Å². The summed E-state index contributed by atoms with van der Waals surface area (Å²) in [6, 6.07) is 14.9. The van der Waals surface area contributed by atoms with Crippen molar-refractivity contribution in [1.82, 2.24) is 14.2 Å². The molecule has 12 heteroatoms. The highest BCUT2D eigenvalue weighted by Crippen LogP contribution is 2.32. The van der Waals surface area contributed by atoms with E-state index in [0.29, 0.717) is 28.7 Å². The Morgan fingerprint density at radius 3 is 2.24 bits per heavy atom. The molecule has 0 aliphatic rings. The number of aromatic nitrogens is 1. The van der Waals surface area contributed by atoms with Gasteiger partial charge in [0, 0.05) is 43.1 Å². The van der Waals surface area contributed by atoms with Crippen LogP contribution in [0.5, 0.6) is 0 Å². The first-order valence-electron chi connectivity index (χ1n) is 11.5. The van der Waals surface area contributed by atoms with E-state index in [-0.39, 0.29) is 36.7 Å². The molecular formula is C25H27ClN6O3S2. The molecule has 0 spiro atoms. The monoisotopic (exact) mass is 558 g/mol. The lowest BCUT2D eigenvalue weighted by Crippen LogP contribution is -2.34. The van der Waals surface area contributed by atoms with Gasteiger partial charge < -0.3 is 4.90 Å². The van der Waals surface area contributed by atoms with E-state index < -0.39 is 10.0 Å². The van der Waals surface area contributed by atoms with E-state index in [0.717, 1.165) is 21.1 Å². The zero-order chi connectivity index (χ0) is 27.0. The second-order valence-electron chi connectivity index (χ2n) is 8.47. The first-order valence-corrected chi connectivity index (χ1v) is 14.2. The summed E-state index contributed by atoms with van der Waals surface area (Å²) < 4.78 is 28.2. The van der Waals surface area contributed by atoms with Gasteiger partial charge in [-0.05, 0) is 69.5 Å². The molecule has 1 amide bonds. The van der Waals surface area contributed by atoms with E-state index >= 15 is 0 Å². The van der Waals surface area contributed by atoms with Crippen LogP contribution >= 0.6 is 22.9 Å². The molecule has 1 aromatic heterocycles. The Labute approximate surface area is 226 Å². The van der Waals surface area contributed by atoms with E-state index in [4.69, 9.17) is 22.1 Å². The Morgan fingerprint density at radius 1 is 1.00 bits per heavy atom. The van der Waals surface area contributed by atoms with Gasteiger partial charge in [-0.1, -0.05) is 22.9 Å². The van der Waals surface area contributed by atoms with Crippen LogP contribution in [0.1, 0.15) is 29.6 Å². The first-order chi connectivity index (χ1) is 17.7. The van der Waals surface area contributed by atoms with Gasteiger partial charge in [-0.25, -0.2) is 13.4 Å². The quantitative estimate of drug-likeness (QED) is 0.323. The highest BCUT2D eigenvalue weighted by Gasteiger charge is 2.26. The molecule has 3 rings (SSSR count). The zero-order valence-electron chi connectivity index (χ0n) is 20.6. The Kier molecular flexibility index (Phi) is 9.98. The number of nitriles is 2. The lowest BCUT2D eigenvalue weighted by Gasteiger charge is -2.22. The summed E-state index contributed by atoms with van der Waals surface area (Å²) in [6.07, 6.45) is 0.738. The van der Waals surface area contributed by atoms with Crippen molar-refractivity contribution >= 4 is 54.2 Å². The smallest absolute Gasteiger partial charge is 0.260 e. The third-order valence-corrected chi connectivity index (χ3v) is 8.68. The minimum absolute atomic E-state index is 0.00582. The van der Waals surface area contributed by atoms with Gasteiger partial charge in [0.15, 0.2) is 5.13 Å². The number of amides is 1. The van der Waals surface area contributed by atoms with E-state index in [9.17, 15) is 13.2 Å². The Hall–Kier alpha value is -3.06. The number of carbonyl (C=O) groups excluding carboxylic acids is 1. The number of anilines is 1. The fourth-order valence-corrected chi connectivity index (χ4v) is 6.31. The SMILES string of the molecule is CN(C)CCCN(C(=O)c1ccc(S(=O)(=O)N(CCC#N)CCC#N)cc1)c1nc2ccc(Cl)cc2s1. The summed E-state index contributed by atoms with van der Waals surface area (Å²) in [6.45, 7) is 1.19. The lowest BCUT2D eigenvalue weighted by atomic mass is 10.2. The third kappa shape index (κ3) is 7.25. The molecule has 0 bridgehead atoms. The summed E-state index contributed by atoms with van der Waals surface area (Å²) in [4.78, 5) is 21.8. The maximum absolute atomic E-state index is 13.6. The van der Waals surface area contributed by atoms with Gasteiger partial charge in [-0.15, -0.1) is 0 Å². The molecule has 0 saturated carbocycles. The fourth-order valence-electron chi connectivity index (χ4n) is 3.61. The molecule has 9 nitrogen and oxygen atoms in total. The Bertz CT molecular complexity index is 1410. The summed E-state index contributed by atoms with van der Waals surface area (Å²) in [7, 11) is -0.00792. The van der Waals surface area contributed by atoms with Gasteiger partial charge in [0.1, 0.15) is 0 Å². The third-order valence-electron chi connectivity index (χ3n) is 5.49. The number of hydrogen-bond donors (Lipinski definition) is 0. The molecule has 3 aromatic rings. The molecule has 1 heterocycles. The van der Waals surface area contributed by atoms with Crippen LogP contribution in [0.15, 0.2) is 47.4 Å². The molecule has 0 N–H and O–H groups in total. The summed E-state index contributed by atoms with van der Waals surface area (Å²) in [5.74, 6) is -0.293. The molecule has 194 valence electrons. The average molecular weight is 559 g/mol. The van der Waals surface area contributed by atoms with Gasteiger partial charge in [-0.3, -0.25) is 9.69 Å². The number of sulfonamides is 1. The second kappa shape index (κ2) is 13.0. The predicted molar refractivity (Wildman–Crippen MR) is 145 cm³/mol. The van der Waals surface area contributed by atoms with Crippen molar-refractivity contribution in [3.63, 3.8) is 0 Å². The number of rotatable bonds is 12. The summed E-state index contributed by atoms with van der Waals surface area (Å²) in [5, 5.41) is 18.9. The van der Waals surface area contributed by atoms with E-state index in [1.165, 1.54) is 35.6 Å². The average Bonchev–Trinajstić information content (AvgIpc) is 3.29. The van der Waals surface area contributed by atoms with Crippen LogP contribution in [0.4, 0.5) is 5.13 Å². The van der Waals surface area contributed by atoms with Gasteiger partial charge in [-0.2, -0.15) is 14.8 Å². The molecule has 0 aliphatic heterocycles. The zero-order valence-corrected chi connectivity index (χ0v) is 23.0. The fraction of sp³-hybridized carbons (Fsp3) is 0.360. The number of hydrogen-bond acceptors (Lipinski definition) is 8. The number of nitrogens with zero attached hydrogens (tertiary/aromatic N) is 6. The van der Waals surface area contributed by atoms with Crippen molar-refractivity contribution in [3.8, 4) is 12.1 Å². The molecular weight excluding hydrogens is 532 g/mol. The second-order valence-corrected chi connectivity index (χ2v) is 11.9. The largest absolute Gasteiger partial charge is 0.309 e. The van der Waals surface area contributed by atoms with E-state index in [1.54, 1.807) is 11.0 Å². The first kappa shape index (κ1) is 28.5. The molecule has 0 saturated heterocycles. The van der Waals surface area contributed by atoms with Crippen molar-refractivity contribution < 1.29 is 13.2 Å². The van der Waals surface area contributed by atoms with Crippen LogP contribution in [0.3, 0.4) is 0 Å². The number of halogens is 1. The van der Waals surface area contributed by atoms with Gasteiger partial charge in [0.05, 0.1) is 27.3 Å². The minimum atomic E-state index is -3.93. The van der Waals surface area contributed by atoms with E-state index in [1.807, 2.05) is 43.3 Å². The Balaban J connectivity index is 1.89. The van der Waals surface area contributed by atoms with Crippen molar-refractivity contribution in [3.05, 3.63) is 53.1 Å². The summed E-state index contributed by atoms with van der Waals surface area (Å²) >= 11 is 7.49. The molecule has 0 radical (unpaired) electrons. The molecule has 0 atom stereocenters. The number of fused-ring (bicyclic) bond motifs is 1. The minimum Gasteiger partial charge on any atom is -0.309 e. The summed E-state index contributed by atoms with van der Waals surface area (Å²) in [5.41, 5.74) is 1.06. The lowest BCUT2D eigenvalue weighted by molar-refractivity contribution is 0.0986. The maximum Gasteiger partial charge on any atom is 0.260 e. The van der Waals surface area contributed by atoms with Crippen molar-refractivity contribution in [2.75, 3.05) is 45.2 Å². The molecule has 37 heavy (non-hydrogen) atoms. The molecule has 0 fully saturated rings. The van der Waals surface area contributed by atoms with E-state index in [2.05, 4.69) is 4.98 Å².